The van der Waals surface area contributed by atoms with Crippen molar-refractivity contribution in [3.8, 4) is 0 Å². The average Bonchev–Trinajstić information content (AvgIpc) is 2.49. The van der Waals surface area contributed by atoms with Crippen LogP contribution in [0.25, 0.3) is 0 Å². The van der Waals surface area contributed by atoms with Gasteiger partial charge >= 0.3 is 0 Å². The van der Waals surface area contributed by atoms with Crippen LogP contribution in [0.2, 0.25) is 0 Å². The Bertz CT molecular complexity index is 530. The Hall–Kier alpha value is -2.15. The van der Waals surface area contributed by atoms with E-state index in [0.717, 1.165) is 29.6 Å². The number of allylic oxidation sites excluding steroid dienone is 7. The molecule has 104 valence electrons. The molecule has 0 bridgehead atoms. The molecular formula is C19H22O. The molecule has 0 aromatic heterocycles. The van der Waals surface area contributed by atoms with Crippen molar-refractivity contribution in [2.75, 3.05) is 0 Å². The summed E-state index contributed by atoms with van der Waals surface area (Å²) in [6.07, 6.45) is 11.3. The van der Waals surface area contributed by atoms with Crippen LogP contribution in [0.5, 0.6) is 0 Å². The van der Waals surface area contributed by atoms with Gasteiger partial charge in [0.25, 0.3) is 0 Å². The van der Waals surface area contributed by atoms with Crippen LogP contribution in [0.1, 0.15) is 37.0 Å². The summed E-state index contributed by atoms with van der Waals surface area (Å²) in [5, 5.41) is 0. The van der Waals surface area contributed by atoms with Gasteiger partial charge in [-0.15, -0.1) is 0 Å². The molecule has 20 heavy (non-hydrogen) atoms. The summed E-state index contributed by atoms with van der Waals surface area (Å²) in [6, 6.07) is 9.35. The Morgan fingerprint density at radius 1 is 1.25 bits per heavy atom. The number of carbonyl (C=O) groups is 1. The summed E-state index contributed by atoms with van der Waals surface area (Å²) >= 11 is 0. The molecule has 1 aromatic rings. The molecular weight excluding hydrogens is 244 g/mol. The summed E-state index contributed by atoms with van der Waals surface area (Å²) < 4.78 is 0. The highest BCUT2D eigenvalue weighted by molar-refractivity contribution is 6.05. The van der Waals surface area contributed by atoms with E-state index in [4.69, 9.17) is 0 Å². The highest BCUT2D eigenvalue weighted by Gasteiger charge is 2.06. The third-order valence-electron chi connectivity index (χ3n) is 2.94. The van der Waals surface area contributed by atoms with Crippen molar-refractivity contribution >= 4 is 5.78 Å². The van der Waals surface area contributed by atoms with Gasteiger partial charge in [0.15, 0.2) is 5.78 Å². The second kappa shape index (κ2) is 8.87. The molecule has 0 saturated heterocycles. The lowest BCUT2D eigenvalue weighted by molar-refractivity contribution is 0.104. The summed E-state index contributed by atoms with van der Waals surface area (Å²) in [4.78, 5) is 12.3. The fraction of sp³-hybridized carbons (Fsp3) is 0.211. The largest absolute Gasteiger partial charge is 0.289 e. The normalized spacial score (nSPS) is 12.7. The number of ketones is 1. The molecule has 0 unspecified atom stereocenters. The van der Waals surface area contributed by atoms with Gasteiger partial charge in [0.2, 0.25) is 0 Å². The quantitative estimate of drug-likeness (QED) is 0.372. The van der Waals surface area contributed by atoms with Gasteiger partial charge in [-0.05, 0) is 30.6 Å². The first-order valence-corrected chi connectivity index (χ1v) is 6.98. The maximum Gasteiger partial charge on any atom is 0.186 e. The second-order valence-electron chi connectivity index (χ2n) is 4.50. The molecule has 0 radical (unpaired) electrons. The zero-order valence-corrected chi connectivity index (χ0v) is 12.3. The molecule has 0 N–H and O–H groups in total. The molecule has 1 rings (SSSR count). The molecule has 0 saturated carbocycles. The van der Waals surface area contributed by atoms with E-state index in [1.54, 1.807) is 12.2 Å². The van der Waals surface area contributed by atoms with Crippen LogP contribution in [0, 0.1) is 0 Å². The Labute approximate surface area is 122 Å². The summed E-state index contributed by atoms with van der Waals surface area (Å²) in [7, 11) is 0. The predicted molar refractivity (Wildman–Crippen MR) is 86.9 cm³/mol. The van der Waals surface area contributed by atoms with E-state index in [0.29, 0.717) is 0 Å². The molecule has 0 spiro atoms. The number of benzene rings is 1. The topological polar surface area (TPSA) is 17.1 Å². The maximum absolute atomic E-state index is 12.3. The Balaban J connectivity index is 3.09. The standard InChI is InChI=1S/C19H22O/c1-4-7-12-16(6-3)18(11-5-2)15-19(20)17-13-9-8-10-14-17/h4,6-10,12-15H,3,5,11H2,1-2H3/b7-4-,16-12+,18-15+. The predicted octanol–water partition coefficient (Wildman–Crippen LogP) is 5.28. The Morgan fingerprint density at radius 2 is 1.95 bits per heavy atom. The van der Waals surface area contributed by atoms with E-state index in [1.165, 1.54) is 0 Å². The lowest BCUT2D eigenvalue weighted by Gasteiger charge is -2.07. The molecule has 1 nitrogen and oxygen atoms in total. The van der Waals surface area contributed by atoms with Gasteiger partial charge in [-0.2, -0.15) is 0 Å². The van der Waals surface area contributed by atoms with Gasteiger partial charge in [-0.25, -0.2) is 0 Å². The Kier molecular flexibility index (Phi) is 7.05. The molecule has 0 aliphatic rings. The van der Waals surface area contributed by atoms with Gasteiger partial charge in [0.05, 0.1) is 0 Å². The fourth-order valence-corrected chi connectivity index (χ4v) is 1.92. The van der Waals surface area contributed by atoms with E-state index >= 15 is 0 Å². The second-order valence-corrected chi connectivity index (χ2v) is 4.50. The lowest BCUT2D eigenvalue weighted by atomic mass is 9.97. The minimum absolute atomic E-state index is 0.0438. The average molecular weight is 266 g/mol. The first-order chi connectivity index (χ1) is 9.72. The maximum atomic E-state index is 12.3. The number of carbonyl (C=O) groups excluding carboxylic acids is 1. The van der Waals surface area contributed by atoms with Crippen LogP contribution in [-0.4, -0.2) is 5.78 Å². The van der Waals surface area contributed by atoms with Gasteiger partial charge in [-0.3, -0.25) is 4.79 Å². The molecule has 0 fully saturated rings. The van der Waals surface area contributed by atoms with Crippen LogP contribution in [-0.2, 0) is 0 Å². The van der Waals surface area contributed by atoms with Crippen LogP contribution in [0.3, 0.4) is 0 Å². The van der Waals surface area contributed by atoms with E-state index < -0.39 is 0 Å². The van der Waals surface area contributed by atoms with Gasteiger partial charge in [0, 0.05) is 5.56 Å². The van der Waals surface area contributed by atoms with Crippen molar-refractivity contribution in [1.29, 1.82) is 0 Å². The van der Waals surface area contributed by atoms with Gasteiger partial charge in [-0.1, -0.05) is 74.6 Å². The molecule has 0 aliphatic heterocycles. The molecule has 0 amide bonds. The highest BCUT2D eigenvalue weighted by atomic mass is 16.1. The van der Waals surface area contributed by atoms with Crippen molar-refractivity contribution in [3.05, 3.63) is 84.0 Å². The monoisotopic (exact) mass is 266 g/mol. The van der Waals surface area contributed by atoms with Crippen LogP contribution < -0.4 is 0 Å². The third kappa shape index (κ3) is 4.85. The first-order valence-electron chi connectivity index (χ1n) is 6.98. The zero-order valence-electron chi connectivity index (χ0n) is 12.3. The van der Waals surface area contributed by atoms with Crippen molar-refractivity contribution in [2.24, 2.45) is 0 Å². The summed E-state index contributed by atoms with van der Waals surface area (Å²) in [6.45, 7) is 7.92. The van der Waals surface area contributed by atoms with Gasteiger partial charge in [0.1, 0.15) is 0 Å². The molecule has 0 atom stereocenters. The van der Waals surface area contributed by atoms with Crippen LogP contribution >= 0.6 is 0 Å². The number of hydrogen-bond donors (Lipinski definition) is 0. The lowest BCUT2D eigenvalue weighted by Crippen LogP contribution is -1.98. The van der Waals surface area contributed by atoms with E-state index in [2.05, 4.69) is 13.5 Å². The van der Waals surface area contributed by atoms with Crippen molar-refractivity contribution < 1.29 is 4.79 Å². The number of rotatable bonds is 7. The van der Waals surface area contributed by atoms with Crippen molar-refractivity contribution in [2.45, 2.75) is 26.7 Å². The van der Waals surface area contributed by atoms with E-state index in [-0.39, 0.29) is 5.78 Å². The smallest absolute Gasteiger partial charge is 0.186 e. The van der Waals surface area contributed by atoms with Crippen LogP contribution in [0.4, 0.5) is 0 Å². The zero-order chi connectivity index (χ0) is 14.8. The first kappa shape index (κ1) is 15.9. The van der Waals surface area contributed by atoms with Crippen molar-refractivity contribution in [1.82, 2.24) is 0 Å². The highest BCUT2D eigenvalue weighted by Crippen LogP contribution is 2.18. The fourth-order valence-electron chi connectivity index (χ4n) is 1.92. The Morgan fingerprint density at radius 3 is 2.50 bits per heavy atom. The summed E-state index contributed by atoms with van der Waals surface area (Å²) in [5.41, 5.74) is 2.76. The molecule has 1 aromatic carbocycles. The molecule has 1 heteroatoms. The van der Waals surface area contributed by atoms with E-state index in [9.17, 15) is 4.79 Å². The van der Waals surface area contributed by atoms with Crippen LogP contribution in [0.15, 0.2) is 78.4 Å². The van der Waals surface area contributed by atoms with Crippen molar-refractivity contribution in [3.63, 3.8) is 0 Å². The molecule has 0 heterocycles. The SMILES string of the molecule is C=CC(=C\C=C/C)/C(=C/C(=O)c1ccccc1)CCC. The van der Waals surface area contributed by atoms with E-state index in [1.807, 2.05) is 55.5 Å². The summed E-state index contributed by atoms with van der Waals surface area (Å²) in [5.74, 6) is 0.0438. The minimum Gasteiger partial charge on any atom is -0.289 e. The number of hydrogen-bond acceptors (Lipinski definition) is 1. The van der Waals surface area contributed by atoms with Gasteiger partial charge < -0.3 is 0 Å². The third-order valence-corrected chi connectivity index (χ3v) is 2.94. The molecule has 0 aliphatic carbocycles. The minimum atomic E-state index is 0.0438.